The van der Waals surface area contributed by atoms with Crippen LogP contribution in [0.3, 0.4) is 0 Å². The molecule has 0 saturated carbocycles. The molecule has 2 N–H and O–H groups in total. The maximum atomic E-state index is 9.92. The van der Waals surface area contributed by atoms with Gasteiger partial charge in [-0.05, 0) is 27.7 Å². The molecule has 0 aliphatic carbocycles. The number of rotatable bonds is 3. The third-order valence-electron chi connectivity index (χ3n) is 2.57. The molecule has 0 saturated heterocycles. The third kappa shape index (κ3) is 3.04. The second kappa shape index (κ2) is 3.94. The summed E-state index contributed by atoms with van der Waals surface area (Å²) in [5.74, 6) is 0.450. The van der Waals surface area contributed by atoms with Crippen molar-refractivity contribution in [3.8, 4) is 0 Å². The van der Waals surface area contributed by atoms with E-state index in [0.717, 1.165) is 0 Å². The summed E-state index contributed by atoms with van der Waals surface area (Å²) in [7, 11) is 0. The normalized spacial score (nSPS) is 12.7. The quantitative estimate of drug-likeness (QED) is 0.834. The molecule has 84 valence electrons. The van der Waals surface area contributed by atoms with E-state index in [1.807, 2.05) is 13.8 Å². The highest BCUT2D eigenvalue weighted by molar-refractivity contribution is 6.30. The Hall–Kier alpha value is -0.870. The molecular formula is C10H16ClN3O. The molecule has 5 heteroatoms. The molecule has 1 aromatic rings. The summed E-state index contributed by atoms with van der Waals surface area (Å²) in [6.45, 7) is 7.22. The van der Waals surface area contributed by atoms with Gasteiger partial charge in [-0.3, -0.25) is 0 Å². The molecule has 4 nitrogen and oxygen atoms in total. The number of hydrogen-bond donors (Lipinski definition) is 2. The lowest BCUT2D eigenvalue weighted by atomic mass is 9.86. The summed E-state index contributed by atoms with van der Waals surface area (Å²) in [6.07, 6.45) is 3.02. The van der Waals surface area contributed by atoms with Gasteiger partial charge in [0.1, 0.15) is 0 Å². The molecule has 0 bridgehead atoms. The highest BCUT2D eigenvalue weighted by atomic mass is 35.5. The zero-order chi connectivity index (χ0) is 11.7. The van der Waals surface area contributed by atoms with Crippen molar-refractivity contribution in [2.24, 2.45) is 0 Å². The van der Waals surface area contributed by atoms with Crippen LogP contribution in [0, 0.1) is 0 Å². The van der Waals surface area contributed by atoms with E-state index in [2.05, 4.69) is 15.3 Å². The molecule has 0 aromatic carbocycles. The monoisotopic (exact) mass is 229 g/mol. The fraction of sp³-hybridized carbons (Fsp3) is 0.600. The minimum atomic E-state index is -0.879. The number of aliphatic hydroxyl groups is 1. The van der Waals surface area contributed by atoms with E-state index in [1.165, 1.54) is 12.4 Å². The van der Waals surface area contributed by atoms with Gasteiger partial charge in [-0.15, -0.1) is 0 Å². The van der Waals surface area contributed by atoms with Crippen molar-refractivity contribution in [1.29, 1.82) is 0 Å². The van der Waals surface area contributed by atoms with Gasteiger partial charge in [0, 0.05) is 0 Å². The van der Waals surface area contributed by atoms with Crippen molar-refractivity contribution in [1.82, 2.24) is 9.97 Å². The summed E-state index contributed by atoms with van der Waals surface area (Å²) in [5.41, 5.74) is -1.41. The number of nitrogens with zero attached hydrogens (tertiary/aromatic N) is 2. The molecule has 0 aliphatic heterocycles. The molecule has 0 unspecified atom stereocenters. The maximum Gasteiger partial charge on any atom is 0.223 e. The summed E-state index contributed by atoms with van der Waals surface area (Å²) < 4.78 is 0. The van der Waals surface area contributed by atoms with Gasteiger partial charge in [-0.2, -0.15) is 0 Å². The first kappa shape index (κ1) is 12.2. The predicted octanol–water partition coefficient (Wildman–Crippen LogP) is 2.09. The Morgan fingerprint density at radius 2 is 1.67 bits per heavy atom. The molecule has 0 radical (unpaired) electrons. The second-order valence-electron chi connectivity index (χ2n) is 4.53. The SMILES string of the molecule is CC(C)(O)C(C)(C)Nc1ncc(Cl)cn1. The van der Waals surface area contributed by atoms with Crippen molar-refractivity contribution >= 4 is 17.5 Å². The summed E-state index contributed by atoms with van der Waals surface area (Å²) >= 11 is 5.67. The van der Waals surface area contributed by atoms with Crippen LogP contribution in [-0.4, -0.2) is 26.2 Å². The zero-order valence-electron chi connectivity index (χ0n) is 9.37. The first-order valence-corrected chi connectivity index (χ1v) is 5.08. The highest BCUT2D eigenvalue weighted by Gasteiger charge is 2.35. The average Bonchev–Trinajstić information content (AvgIpc) is 2.06. The number of anilines is 1. The molecule has 0 amide bonds. The fourth-order valence-electron chi connectivity index (χ4n) is 0.809. The fourth-order valence-corrected chi connectivity index (χ4v) is 0.907. The van der Waals surface area contributed by atoms with Gasteiger partial charge in [-0.1, -0.05) is 11.6 Å². The van der Waals surface area contributed by atoms with Crippen molar-refractivity contribution < 1.29 is 5.11 Å². The molecule has 0 spiro atoms. The van der Waals surface area contributed by atoms with Gasteiger partial charge >= 0.3 is 0 Å². The Labute approximate surface area is 94.7 Å². The standard InChI is InChI=1S/C10H16ClN3O/c1-9(2,10(3,4)15)14-8-12-5-7(11)6-13-8/h5-6,15H,1-4H3,(H,12,13,14). The van der Waals surface area contributed by atoms with Crippen LogP contribution in [0.4, 0.5) is 5.95 Å². The van der Waals surface area contributed by atoms with E-state index in [9.17, 15) is 5.11 Å². The lowest BCUT2D eigenvalue weighted by Crippen LogP contribution is -2.51. The topological polar surface area (TPSA) is 58.0 Å². The Bertz CT molecular complexity index is 330. The molecule has 15 heavy (non-hydrogen) atoms. The van der Waals surface area contributed by atoms with Crippen LogP contribution in [0.5, 0.6) is 0 Å². The van der Waals surface area contributed by atoms with E-state index in [-0.39, 0.29) is 0 Å². The highest BCUT2D eigenvalue weighted by Crippen LogP contribution is 2.24. The van der Waals surface area contributed by atoms with Crippen LogP contribution < -0.4 is 5.32 Å². The van der Waals surface area contributed by atoms with E-state index in [4.69, 9.17) is 11.6 Å². The first-order chi connectivity index (χ1) is 6.72. The number of aromatic nitrogens is 2. The molecule has 1 heterocycles. The molecule has 0 aliphatic rings. The summed E-state index contributed by atoms with van der Waals surface area (Å²) in [4.78, 5) is 8.02. The smallest absolute Gasteiger partial charge is 0.223 e. The number of nitrogens with one attached hydrogen (secondary N) is 1. The van der Waals surface area contributed by atoms with Gasteiger partial charge in [0.2, 0.25) is 5.95 Å². The van der Waals surface area contributed by atoms with Crippen molar-refractivity contribution in [2.75, 3.05) is 5.32 Å². The van der Waals surface area contributed by atoms with Crippen LogP contribution in [0.1, 0.15) is 27.7 Å². The van der Waals surface area contributed by atoms with Crippen LogP contribution in [0.25, 0.3) is 0 Å². The maximum absolute atomic E-state index is 9.92. The van der Waals surface area contributed by atoms with Crippen LogP contribution in [0.15, 0.2) is 12.4 Å². The first-order valence-electron chi connectivity index (χ1n) is 4.70. The molecule has 0 fully saturated rings. The number of hydrogen-bond acceptors (Lipinski definition) is 4. The Morgan fingerprint density at radius 3 is 2.07 bits per heavy atom. The molecule has 1 rings (SSSR count). The molecule has 0 atom stereocenters. The lowest BCUT2D eigenvalue weighted by Gasteiger charge is -2.37. The van der Waals surface area contributed by atoms with Crippen molar-refractivity contribution in [3.05, 3.63) is 17.4 Å². The third-order valence-corrected chi connectivity index (χ3v) is 2.77. The Balaban J connectivity index is 2.82. The van der Waals surface area contributed by atoms with Crippen molar-refractivity contribution in [2.45, 2.75) is 38.8 Å². The Kier molecular flexibility index (Phi) is 3.21. The molecule has 1 aromatic heterocycles. The molecular weight excluding hydrogens is 214 g/mol. The minimum Gasteiger partial charge on any atom is -0.388 e. The van der Waals surface area contributed by atoms with Gasteiger partial charge in [0.15, 0.2) is 0 Å². The van der Waals surface area contributed by atoms with Gasteiger partial charge < -0.3 is 10.4 Å². The van der Waals surface area contributed by atoms with Gasteiger partial charge in [-0.25, -0.2) is 9.97 Å². The van der Waals surface area contributed by atoms with Crippen molar-refractivity contribution in [3.63, 3.8) is 0 Å². The largest absolute Gasteiger partial charge is 0.388 e. The predicted molar refractivity (Wildman–Crippen MR) is 61.0 cm³/mol. The lowest BCUT2D eigenvalue weighted by molar-refractivity contribution is 0.0237. The second-order valence-corrected chi connectivity index (χ2v) is 4.97. The Morgan fingerprint density at radius 1 is 1.20 bits per heavy atom. The van der Waals surface area contributed by atoms with Crippen LogP contribution >= 0.6 is 11.6 Å². The van der Waals surface area contributed by atoms with E-state index < -0.39 is 11.1 Å². The minimum absolute atomic E-state index is 0.450. The van der Waals surface area contributed by atoms with Crippen LogP contribution in [-0.2, 0) is 0 Å². The summed E-state index contributed by atoms with van der Waals surface area (Å²) in [6, 6.07) is 0. The number of halogens is 1. The van der Waals surface area contributed by atoms with E-state index >= 15 is 0 Å². The van der Waals surface area contributed by atoms with Crippen LogP contribution in [0.2, 0.25) is 5.02 Å². The van der Waals surface area contributed by atoms with E-state index in [0.29, 0.717) is 11.0 Å². The summed E-state index contributed by atoms with van der Waals surface area (Å²) in [5, 5.41) is 13.5. The van der Waals surface area contributed by atoms with Gasteiger partial charge in [0.05, 0.1) is 28.6 Å². The average molecular weight is 230 g/mol. The van der Waals surface area contributed by atoms with E-state index in [1.54, 1.807) is 13.8 Å². The van der Waals surface area contributed by atoms with Gasteiger partial charge in [0.25, 0.3) is 0 Å². The zero-order valence-corrected chi connectivity index (χ0v) is 10.1.